The molecule has 0 aromatic heterocycles. The molecule has 0 unspecified atom stereocenters. The molecule has 160 valence electrons. The van der Waals surface area contributed by atoms with Crippen LogP contribution in [0.2, 0.25) is 0 Å². The Morgan fingerprint density at radius 2 is 1.19 bits per heavy atom. The van der Waals surface area contributed by atoms with Crippen molar-refractivity contribution in [2.24, 2.45) is 11.1 Å². The molecular formula is C20H45NO4S. The Labute approximate surface area is 163 Å². The maximum atomic E-state index is 10.2. The van der Waals surface area contributed by atoms with Crippen LogP contribution in [0.5, 0.6) is 0 Å². The van der Waals surface area contributed by atoms with E-state index in [2.05, 4.69) is 45.7 Å². The van der Waals surface area contributed by atoms with Gasteiger partial charge >= 0.3 is 10.4 Å². The summed E-state index contributed by atoms with van der Waals surface area (Å²) in [4.78, 5) is 0. The van der Waals surface area contributed by atoms with Crippen molar-refractivity contribution in [1.82, 2.24) is 0 Å². The van der Waals surface area contributed by atoms with Crippen LogP contribution in [-0.4, -0.2) is 25.1 Å². The molecule has 0 aliphatic heterocycles. The second kappa shape index (κ2) is 14.8. The minimum atomic E-state index is -4.23. The molecule has 26 heavy (non-hydrogen) atoms. The summed E-state index contributed by atoms with van der Waals surface area (Å²) in [5.74, 6) is 0. The highest BCUT2D eigenvalue weighted by molar-refractivity contribution is 7.80. The molecule has 0 saturated carbocycles. The van der Waals surface area contributed by atoms with Crippen LogP contribution in [0.15, 0.2) is 0 Å². The maximum Gasteiger partial charge on any atom is 0.397 e. The van der Waals surface area contributed by atoms with Crippen LogP contribution in [0.4, 0.5) is 0 Å². The molecule has 0 aromatic carbocycles. The van der Waals surface area contributed by atoms with Crippen LogP contribution in [0.3, 0.4) is 0 Å². The average Bonchev–Trinajstić information content (AvgIpc) is 2.40. The van der Waals surface area contributed by atoms with E-state index in [1.807, 2.05) is 0 Å². The standard InChI is InChI=1S/C12H26O4S.C8H19N/c1-2-3-4-5-6-7-8-9-10-11-12-16-17(13,14)15;1-7(2,3)6-8(4,5)9/h2-12H2,1H3,(H,13,14,15);6,9H2,1-5H3. The third kappa shape index (κ3) is 31.6. The van der Waals surface area contributed by atoms with Gasteiger partial charge in [-0.05, 0) is 32.1 Å². The second-order valence-electron chi connectivity index (χ2n) is 9.16. The monoisotopic (exact) mass is 395 g/mol. The molecule has 0 atom stereocenters. The van der Waals surface area contributed by atoms with Gasteiger partial charge in [0.15, 0.2) is 0 Å². The van der Waals surface area contributed by atoms with Crippen molar-refractivity contribution >= 4 is 10.4 Å². The summed E-state index contributed by atoms with van der Waals surface area (Å²) >= 11 is 0. The molecular weight excluding hydrogens is 350 g/mol. The molecule has 6 heteroatoms. The molecule has 0 heterocycles. The lowest BCUT2D eigenvalue weighted by Crippen LogP contribution is -2.36. The second-order valence-corrected chi connectivity index (χ2v) is 10.2. The zero-order valence-corrected chi connectivity index (χ0v) is 19.0. The van der Waals surface area contributed by atoms with Gasteiger partial charge in [0.25, 0.3) is 0 Å². The molecule has 0 rings (SSSR count). The van der Waals surface area contributed by atoms with Gasteiger partial charge in [0, 0.05) is 5.54 Å². The van der Waals surface area contributed by atoms with Gasteiger partial charge in [-0.15, -0.1) is 0 Å². The fraction of sp³-hybridized carbons (Fsp3) is 1.00. The molecule has 0 spiro atoms. The summed E-state index contributed by atoms with van der Waals surface area (Å²) in [5.41, 5.74) is 6.17. The average molecular weight is 396 g/mol. The summed E-state index contributed by atoms with van der Waals surface area (Å²) in [6, 6.07) is 0. The lowest BCUT2D eigenvalue weighted by Gasteiger charge is -2.28. The van der Waals surface area contributed by atoms with Gasteiger partial charge in [-0.2, -0.15) is 8.42 Å². The van der Waals surface area contributed by atoms with E-state index in [1.54, 1.807) is 0 Å². The lowest BCUT2D eigenvalue weighted by atomic mass is 9.82. The molecule has 3 N–H and O–H groups in total. The largest absolute Gasteiger partial charge is 0.397 e. The Bertz CT molecular complexity index is 397. The number of hydrogen-bond donors (Lipinski definition) is 2. The van der Waals surface area contributed by atoms with Crippen molar-refractivity contribution in [2.45, 2.75) is 118 Å². The van der Waals surface area contributed by atoms with Gasteiger partial charge in [-0.1, -0.05) is 85.5 Å². The summed E-state index contributed by atoms with van der Waals surface area (Å²) < 4.78 is 33.0. The summed E-state index contributed by atoms with van der Waals surface area (Å²) in [7, 11) is -4.23. The van der Waals surface area contributed by atoms with Gasteiger partial charge in [0.2, 0.25) is 0 Å². The van der Waals surface area contributed by atoms with Gasteiger partial charge in [-0.25, -0.2) is 4.18 Å². The fourth-order valence-corrected chi connectivity index (χ4v) is 3.45. The van der Waals surface area contributed by atoms with Gasteiger partial charge in [0.05, 0.1) is 6.61 Å². The minimum absolute atomic E-state index is 0.0156. The van der Waals surface area contributed by atoms with E-state index in [4.69, 9.17) is 10.3 Å². The quantitative estimate of drug-likeness (QED) is 0.300. The van der Waals surface area contributed by atoms with Gasteiger partial charge in [0.1, 0.15) is 0 Å². The summed E-state index contributed by atoms with van der Waals surface area (Å²) in [6.07, 6.45) is 12.9. The van der Waals surface area contributed by atoms with E-state index in [1.165, 1.54) is 44.9 Å². The normalized spacial score (nSPS) is 12.6. The SMILES string of the molecule is CC(C)(C)CC(C)(C)N.CCCCCCCCCCCCOS(=O)(=O)O. The van der Waals surface area contributed by atoms with E-state index in [0.717, 1.165) is 19.3 Å². The van der Waals surface area contributed by atoms with Crippen LogP contribution in [0.25, 0.3) is 0 Å². The Balaban J connectivity index is 0. The van der Waals surface area contributed by atoms with Crippen LogP contribution in [-0.2, 0) is 14.6 Å². The minimum Gasteiger partial charge on any atom is -0.326 e. The van der Waals surface area contributed by atoms with Crippen molar-refractivity contribution in [3.05, 3.63) is 0 Å². The van der Waals surface area contributed by atoms with Crippen LogP contribution < -0.4 is 5.73 Å². The number of hydrogen-bond acceptors (Lipinski definition) is 4. The maximum absolute atomic E-state index is 10.2. The number of nitrogens with two attached hydrogens (primary N) is 1. The molecule has 0 amide bonds. The predicted molar refractivity (Wildman–Crippen MR) is 112 cm³/mol. The highest BCUT2D eigenvalue weighted by Gasteiger charge is 2.20. The molecule has 0 aliphatic carbocycles. The number of rotatable bonds is 13. The smallest absolute Gasteiger partial charge is 0.326 e. The highest BCUT2D eigenvalue weighted by atomic mass is 32.3. The van der Waals surface area contributed by atoms with E-state index >= 15 is 0 Å². The molecule has 0 bridgehead atoms. The lowest BCUT2D eigenvalue weighted by molar-refractivity contribution is 0.261. The highest BCUT2D eigenvalue weighted by Crippen LogP contribution is 2.24. The Morgan fingerprint density at radius 1 is 0.808 bits per heavy atom. The first-order chi connectivity index (χ1) is 11.8. The predicted octanol–water partition coefficient (Wildman–Crippen LogP) is 5.89. The first kappa shape index (κ1) is 28.0. The topological polar surface area (TPSA) is 89.6 Å². The van der Waals surface area contributed by atoms with Crippen molar-refractivity contribution in [1.29, 1.82) is 0 Å². The summed E-state index contributed by atoms with van der Waals surface area (Å²) in [6.45, 7) is 13.1. The Morgan fingerprint density at radius 3 is 1.46 bits per heavy atom. The van der Waals surface area contributed by atoms with Crippen molar-refractivity contribution in [3.63, 3.8) is 0 Å². The van der Waals surface area contributed by atoms with Gasteiger partial charge < -0.3 is 5.73 Å². The van der Waals surface area contributed by atoms with Crippen molar-refractivity contribution in [3.8, 4) is 0 Å². The summed E-state index contributed by atoms with van der Waals surface area (Å²) in [5, 5.41) is 0. The van der Waals surface area contributed by atoms with E-state index in [9.17, 15) is 8.42 Å². The third-order valence-electron chi connectivity index (χ3n) is 3.72. The zero-order valence-electron chi connectivity index (χ0n) is 18.1. The third-order valence-corrected chi connectivity index (χ3v) is 4.18. The number of unbranched alkanes of at least 4 members (excludes halogenated alkanes) is 9. The first-order valence-corrected chi connectivity index (χ1v) is 11.5. The van der Waals surface area contributed by atoms with E-state index in [-0.39, 0.29) is 12.1 Å². The first-order valence-electron chi connectivity index (χ1n) is 10.2. The Kier molecular flexibility index (Phi) is 16.0. The molecule has 0 saturated heterocycles. The molecule has 5 nitrogen and oxygen atoms in total. The fourth-order valence-electron chi connectivity index (χ4n) is 3.12. The zero-order chi connectivity index (χ0) is 20.7. The van der Waals surface area contributed by atoms with Crippen LogP contribution in [0.1, 0.15) is 112 Å². The van der Waals surface area contributed by atoms with Crippen molar-refractivity contribution < 1.29 is 17.2 Å². The molecule has 0 aromatic rings. The van der Waals surface area contributed by atoms with E-state index < -0.39 is 10.4 Å². The van der Waals surface area contributed by atoms with Crippen molar-refractivity contribution in [2.75, 3.05) is 6.61 Å². The van der Waals surface area contributed by atoms with E-state index in [0.29, 0.717) is 11.8 Å². The van der Waals surface area contributed by atoms with Gasteiger partial charge in [-0.3, -0.25) is 4.55 Å². The van der Waals surface area contributed by atoms with Crippen LogP contribution >= 0.6 is 0 Å². The molecule has 0 aliphatic rings. The van der Waals surface area contributed by atoms with Crippen LogP contribution in [0, 0.1) is 5.41 Å². The molecule has 0 fully saturated rings. The Hall–Kier alpha value is -0.170. The molecule has 0 radical (unpaired) electrons.